The zero-order chi connectivity index (χ0) is 19.0. The van der Waals surface area contributed by atoms with Crippen LogP contribution in [0.5, 0.6) is 5.75 Å². The van der Waals surface area contributed by atoms with Crippen LogP contribution in [0.25, 0.3) is 11.3 Å². The molecule has 1 saturated heterocycles. The molecule has 0 radical (unpaired) electrons. The number of fused-ring (bicyclic) bond motifs is 3. The first-order valence-electron chi connectivity index (χ1n) is 8.41. The van der Waals surface area contributed by atoms with E-state index in [4.69, 9.17) is 0 Å². The molecule has 4 rings (SSSR count). The highest BCUT2D eigenvalue weighted by atomic mass is 19.4. The van der Waals surface area contributed by atoms with Gasteiger partial charge in [0.2, 0.25) is 0 Å². The van der Waals surface area contributed by atoms with Gasteiger partial charge in [0, 0.05) is 31.7 Å². The number of esters is 1. The maximum absolute atomic E-state index is 12.6. The number of piperazine rings is 1. The molecule has 2 aromatic rings. The molecule has 0 spiro atoms. The monoisotopic (exact) mass is 379 g/mol. The number of para-hydroxylation sites is 1. The van der Waals surface area contributed by atoms with Gasteiger partial charge in [-0.3, -0.25) is 0 Å². The minimum atomic E-state index is -5.08. The van der Waals surface area contributed by atoms with Crippen LogP contribution in [0.1, 0.15) is 0 Å². The number of ether oxygens (including phenoxy) is 1. The zero-order valence-corrected chi connectivity index (χ0v) is 14.1. The van der Waals surface area contributed by atoms with E-state index in [0.717, 1.165) is 31.9 Å². The minimum Gasteiger partial charge on any atom is -0.419 e. The van der Waals surface area contributed by atoms with Gasteiger partial charge in [0.25, 0.3) is 0 Å². The Balaban J connectivity index is 1.70. The van der Waals surface area contributed by atoms with Crippen LogP contribution >= 0.6 is 0 Å². The van der Waals surface area contributed by atoms with Gasteiger partial charge in [0.1, 0.15) is 5.75 Å². The highest BCUT2D eigenvalue weighted by Crippen LogP contribution is 2.36. The third-order valence-electron chi connectivity index (χ3n) is 4.54. The molecule has 2 aliphatic rings. The Morgan fingerprint density at radius 3 is 2.85 bits per heavy atom. The topological polar surface area (TPSA) is 79.4 Å². The van der Waals surface area contributed by atoms with E-state index in [-0.39, 0.29) is 17.4 Å². The molecule has 10 heteroatoms. The average Bonchev–Trinajstić information content (AvgIpc) is 2.67. The lowest BCUT2D eigenvalue weighted by atomic mass is 10.1. The Bertz CT molecular complexity index is 874. The lowest BCUT2D eigenvalue weighted by Crippen LogP contribution is -2.56. The fraction of sp³-hybridized carbons (Fsp3) is 0.353. The molecule has 1 fully saturated rings. The molecule has 3 heterocycles. The molecule has 0 bridgehead atoms. The molecule has 1 aromatic heterocycles. The molecule has 142 valence electrons. The summed E-state index contributed by atoms with van der Waals surface area (Å²) in [6, 6.07) is 7.97. The first-order chi connectivity index (χ1) is 12.9. The maximum Gasteiger partial charge on any atom is 0.491 e. The van der Waals surface area contributed by atoms with Crippen molar-refractivity contribution in [2.24, 2.45) is 0 Å². The van der Waals surface area contributed by atoms with Crippen molar-refractivity contribution in [1.29, 1.82) is 0 Å². The molecular weight excluding hydrogens is 363 g/mol. The smallest absolute Gasteiger partial charge is 0.419 e. The Kier molecular flexibility index (Phi) is 4.34. The Morgan fingerprint density at radius 1 is 1.22 bits per heavy atom. The van der Waals surface area contributed by atoms with Gasteiger partial charge in [-0.05, 0) is 18.2 Å². The number of halogens is 3. The number of alkyl halides is 3. The van der Waals surface area contributed by atoms with Gasteiger partial charge >= 0.3 is 12.1 Å². The van der Waals surface area contributed by atoms with Crippen molar-refractivity contribution in [3.63, 3.8) is 0 Å². The van der Waals surface area contributed by atoms with Crippen LogP contribution in [-0.2, 0) is 4.79 Å². The fourth-order valence-corrected chi connectivity index (χ4v) is 3.26. The highest BCUT2D eigenvalue weighted by molar-refractivity contribution is 5.82. The van der Waals surface area contributed by atoms with Crippen molar-refractivity contribution in [2.75, 3.05) is 36.4 Å². The van der Waals surface area contributed by atoms with E-state index in [2.05, 4.69) is 30.5 Å². The standard InChI is InChI=1S/C17H16F3N5O2/c18-17(19,20)16(26)27-14-4-2-1-3-11(14)12-7-13-15(24-23-12)22-9-10-8-21-5-6-25(10)13/h1-4,7,10,21H,5-6,8-9H2,(H,22,24). The summed E-state index contributed by atoms with van der Waals surface area (Å²) in [7, 11) is 0. The predicted molar refractivity (Wildman–Crippen MR) is 91.7 cm³/mol. The van der Waals surface area contributed by atoms with Gasteiger partial charge in [-0.15, -0.1) is 10.2 Å². The van der Waals surface area contributed by atoms with Crippen molar-refractivity contribution >= 4 is 17.5 Å². The Hall–Kier alpha value is -2.88. The van der Waals surface area contributed by atoms with Crippen LogP contribution in [0.2, 0.25) is 0 Å². The third kappa shape index (κ3) is 3.39. The van der Waals surface area contributed by atoms with Crippen molar-refractivity contribution in [2.45, 2.75) is 12.2 Å². The second kappa shape index (κ2) is 6.69. The number of aromatic nitrogens is 2. The summed E-state index contributed by atoms with van der Waals surface area (Å²) < 4.78 is 42.2. The van der Waals surface area contributed by atoms with E-state index in [1.165, 1.54) is 12.1 Å². The summed E-state index contributed by atoms with van der Waals surface area (Å²) in [6.45, 7) is 3.17. The van der Waals surface area contributed by atoms with E-state index in [0.29, 0.717) is 11.5 Å². The summed E-state index contributed by atoms with van der Waals surface area (Å²) in [6.07, 6.45) is -5.08. The quantitative estimate of drug-likeness (QED) is 0.609. The van der Waals surface area contributed by atoms with Gasteiger partial charge in [-0.1, -0.05) is 12.1 Å². The number of carbonyl (C=O) groups is 1. The molecule has 1 aromatic carbocycles. The van der Waals surface area contributed by atoms with Gasteiger partial charge in [-0.25, -0.2) is 4.79 Å². The summed E-state index contributed by atoms with van der Waals surface area (Å²) >= 11 is 0. The SMILES string of the molecule is O=C(Oc1ccccc1-c1cc2c(nn1)NCC1CNCCN21)C(F)(F)F. The number of nitrogens with zero attached hydrogens (tertiary/aromatic N) is 3. The summed E-state index contributed by atoms with van der Waals surface area (Å²) in [5.41, 5.74) is 1.43. The number of hydrogen-bond acceptors (Lipinski definition) is 7. The molecule has 7 nitrogen and oxygen atoms in total. The van der Waals surface area contributed by atoms with Crippen molar-refractivity contribution in [1.82, 2.24) is 15.5 Å². The Labute approximate surface area is 152 Å². The highest BCUT2D eigenvalue weighted by Gasteiger charge is 2.41. The number of carbonyl (C=O) groups excluding carboxylic acids is 1. The molecular formula is C17H16F3N5O2. The summed E-state index contributed by atoms with van der Waals surface area (Å²) in [5.74, 6) is -1.86. The molecule has 0 aliphatic carbocycles. The van der Waals surface area contributed by atoms with Crippen LogP contribution in [0, 0.1) is 0 Å². The third-order valence-corrected chi connectivity index (χ3v) is 4.54. The van der Waals surface area contributed by atoms with E-state index in [9.17, 15) is 18.0 Å². The lowest BCUT2D eigenvalue weighted by molar-refractivity contribution is -0.189. The first kappa shape index (κ1) is 17.5. The number of benzene rings is 1. The van der Waals surface area contributed by atoms with E-state index in [1.54, 1.807) is 18.2 Å². The van der Waals surface area contributed by atoms with Crippen molar-refractivity contribution < 1.29 is 22.7 Å². The maximum atomic E-state index is 12.6. The van der Waals surface area contributed by atoms with Gasteiger partial charge in [0.15, 0.2) is 5.82 Å². The predicted octanol–water partition coefficient (Wildman–Crippen LogP) is 1.81. The second-order valence-corrected chi connectivity index (χ2v) is 6.28. The van der Waals surface area contributed by atoms with Crippen LogP contribution in [0.15, 0.2) is 30.3 Å². The van der Waals surface area contributed by atoms with Gasteiger partial charge < -0.3 is 20.3 Å². The first-order valence-corrected chi connectivity index (χ1v) is 8.41. The van der Waals surface area contributed by atoms with E-state index in [1.807, 2.05) is 0 Å². The van der Waals surface area contributed by atoms with Gasteiger partial charge in [-0.2, -0.15) is 13.2 Å². The second-order valence-electron chi connectivity index (χ2n) is 6.28. The fourth-order valence-electron chi connectivity index (χ4n) is 3.26. The number of nitrogens with one attached hydrogen (secondary N) is 2. The Morgan fingerprint density at radius 2 is 2.04 bits per heavy atom. The van der Waals surface area contributed by atoms with Crippen LogP contribution < -0.4 is 20.3 Å². The molecule has 27 heavy (non-hydrogen) atoms. The zero-order valence-electron chi connectivity index (χ0n) is 14.1. The number of rotatable bonds is 2. The normalized spacial score (nSPS) is 18.9. The molecule has 2 N–H and O–H groups in total. The van der Waals surface area contributed by atoms with Gasteiger partial charge in [0.05, 0.1) is 17.4 Å². The molecule has 1 unspecified atom stereocenters. The molecule has 2 aliphatic heterocycles. The number of hydrogen-bond donors (Lipinski definition) is 2. The number of anilines is 2. The summed E-state index contributed by atoms with van der Waals surface area (Å²) in [4.78, 5) is 13.4. The lowest BCUT2D eigenvalue weighted by Gasteiger charge is -2.42. The minimum absolute atomic E-state index is 0.213. The van der Waals surface area contributed by atoms with Crippen molar-refractivity contribution in [3.05, 3.63) is 30.3 Å². The van der Waals surface area contributed by atoms with E-state index >= 15 is 0 Å². The average molecular weight is 379 g/mol. The van der Waals surface area contributed by atoms with E-state index < -0.39 is 12.1 Å². The molecule has 1 atom stereocenters. The molecule has 0 saturated carbocycles. The largest absolute Gasteiger partial charge is 0.491 e. The van der Waals surface area contributed by atoms with Crippen LogP contribution in [0.3, 0.4) is 0 Å². The van der Waals surface area contributed by atoms with Crippen LogP contribution in [-0.4, -0.2) is 54.6 Å². The molecule has 0 amide bonds. The van der Waals surface area contributed by atoms with Crippen molar-refractivity contribution in [3.8, 4) is 17.0 Å². The van der Waals surface area contributed by atoms with Crippen LogP contribution in [0.4, 0.5) is 24.7 Å². The summed E-state index contributed by atoms with van der Waals surface area (Å²) in [5, 5.41) is 14.8.